The molecule has 0 radical (unpaired) electrons. The Morgan fingerprint density at radius 2 is 1.74 bits per heavy atom. The number of rotatable bonds is 3. The SMILES string of the molecule is NCc1ccc(Sc2ccc(F)cc2F)c(F)c1Br. The van der Waals surface area contributed by atoms with Crippen molar-refractivity contribution in [3.05, 3.63) is 57.8 Å². The van der Waals surface area contributed by atoms with E-state index in [-0.39, 0.29) is 20.8 Å². The highest BCUT2D eigenvalue weighted by atomic mass is 79.9. The molecule has 0 atom stereocenters. The summed E-state index contributed by atoms with van der Waals surface area (Å²) >= 11 is 4.01. The van der Waals surface area contributed by atoms with E-state index in [1.165, 1.54) is 12.1 Å². The Morgan fingerprint density at radius 1 is 1.05 bits per heavy atom. The second-order valence-corrected chi connectivity index (χ2v) is 5.61. The molecule has 100 valence electrons. The van der Waals surface area contributed by atoms with Crippen LogP contribution in [0, 0.1) is 17.5 Å². The van der Waals surface area contributed by atoms with E-state index in [9.17, 15) is 13.2 Å². The van der Waals surface area contributed by atoms with E-state index < -0.39 is 17.5 Å². The molecule has 0 unspecified atom stereocenters. The second-order valence-electron chi connectivity index (χ2n) is 3.73. The van der Waals surface area contributed by atoms with Crippen molar-refractivity contribution in [2.75, 3.05) is 0 Å². The minimum atomic E-state index is -0.719. The smallest absolute Gasteiger partial charge is 0.151 e. The van der Waals surface area contributed by atoms with E-state index in [1.54, 1.807) is 6.07 Å². The van der Waals surface area contributed by atoms with Gasteiger partial charge in [0.05, 0.1) is 4.47 Å². The van der Waals surface area contributed by atoms with E-state index >= 15 is 0 Å². The first-order chi connectivity index (χ1) is 9.02. The molecule has 0 fully saturated rings. The van der Waals surface area contributed by atoms with Gasteiger partial charge in [-0.05, 0) is 39.7 Å². The first-order valence-electron chi connectivity index (χ1n) is 5.32. The van der Waals surface area contributed by atoms with Crippen LogP contribution in [0.1, 0.15) is 5.56 Å². The Bertz CT molecular complexity index is 619. The molecule has 0 saturated carbocycles. The number of benzene rings is 2. The van der Waals surface area contributed by atoms with Gasteiger partial charge in [-0.25, -0.2) is 13.2 Å². The van der Waals surface area contributed by atoms with Gasteiger partial charge in [-0.3, -0.25) is 0 Å². The Labute approximate surface area is 121 Å². The van der Waals surface area contributed by atoms with Gasteiger partial charge in [-0.2, -0.15) is 0 Å². The Balaban J connectivity index is 2.36. The van der Waals surface area contributed by atoms with E-state index in [0.29, 0.717) is 5.56 Å². The van der Waals surface area contributed by atoms with Gasteiger partial charge in [0.15, 0.2) is 5.82 Å². The topological polar surface area (TPSA) is 26.0 Å². The number of hydrogen-bond acceptors (Lipinski definition) is 2. The van der Waals surface area contributed by atoms with Crippen LogP contribution in [-0.2, 0) is 6.54 Å². The lowest BCUT2D eigenvalue weighted by Crippen LogP contribution is -1.99. The number of halogens is 4. The van der Waals surface area contributed by atoms with Crippen molar-refractivity contribution in [3.63, 3.8) is 0 Å². The van der Waals surface area contributed by atoms with Crippen LogP contribution in [0.25, 0.3) is 0 Å². The fraction of sp³-hybridized carbons (Fsp3) is 0.0769. The first-order valence-corrected chi connectivity index (χ1v) is 6.93. The highest BCUT2D eigenvalue weighted by Gasteiger charge is 2.13. The fourth-order valence-corrected chi connectivity index (χ4v) is 2.98. The normalized spacial score (nSPS) is 10.8. The van der Waals surface area contributed by atoms with Crippen LogP contribution in [0.3, 0.4) is 0 Å². The third kappa shape index (κ3) is 3.13. The third-order valence-electron chi connectivity index (χ3n) is 2.46. The summed E-state index contributed by atoms with van der Waals surface area (Å²) in [4.78, 5) is 0.405. The Kier molecular flexibility index (Phi) is 4.54. The van der Waals surface area contributed by atoms with Crippen LogP contribution in [0.4, 0.5) is 13.2 Å². The van der Waals surface area contributed by atoms with Crippen molar-refractivity contribution in [2.24, 2.45) is 5.73 Å². The summed E-state index contributed by atoms with van der Waals surface area (Å²) in [5.41, 5.74) is 6.08. The summed E-state index contributed by atoms with van der Waals surface area (Å²) in [6.07, 6.45) is 0. The van der Waals surface area contributed by atoms with Gasteiger partial charge in [0.25, 0.3) is 0 Å². The average Bonchev–Trinajstić information content (AvgIpc) is 2.38. The van der Waals surface area contributed by atoms with Crippen molar-refractivity contribution in [1.82, 2.24) is 0 Å². The average molecular weight is 348 g/mol. The van der Waals surface area contributed by atoms with E-state index in [1.807, 2.05) is 0 Å². The van der Waals surface area contributed by atoms with E-state index in [2.05, 4.69) is 15.9 Å². The maximum Gasteiger partial charge on any atom is 0.151 e. The standard InChI is InChI=1S/C13H9BrF3NS/c14-12-7(6-18)1-3-11(13(12)17)19-10-4-2-8(15)5-9(10)16/h1-5H,6,18H2. The zero-order valence-electron chi connectivity index (χ0n) is 9.59. The molecule has 6 heteroatoms. The molecule has 2 N–H and O–H groups in total. The molecular weight excluding hydrogens is 339 g/mol. The van der Waals surface area contributed by atoms with Crippen LogP contribution in [0.15, 0.2) is 44.6 Å². The third-order valence-corrected chi connectivity index (χ3v) is 4.40. The molecule has 2 aromatic rings. The molecule has 19 heavy (non-hydrogen) atoms. The van der Waals surface area contributed by atoms with E-state index in [4.69, 9.17) is 5.73 Å². The van der Waals surface area contributed by atoms with Gasteiger partial charge in [-0.1, -0.05) is 17.8 Å². The molecule has 0 aliphatic rings. The van der Waals surface area contributed by atoms with Crippen LogP contribution < -0.4 is 5.73 Å². The highest BCUT2D eigenvalue weighted by Crippen LogP contribution is 2.35. The summed E-state index contributed by atoms with van der Waals surface area (Å²) < 4.78 is 40.6. The molecular formula is C13H9BrF3NS. The van der Waals surface area contributed by atoms with Crippen LogP contribution >= 0.6 is 27.7 Å². The van der Waals surface area contributed by atoms with Crippen molar-refractivity contribution < 1.29 is 13.2 Å². The van der Waals surface area contributed by atoms with Gasteiger partial charge in [-0.15, -0.1) is 0 Å². The maximum absolute atomic E-state index is 14.0. The Morgan fingerprint density at radius 3 is 2.37 bits per heavy atom. The van der Waals surface area contributed by atoms with Crippen molar-refractivity contribution in [1.29, 1.82) is 0 Å². The molecule has 0 heterocycles. The monoisotopic (exact) mass is 347 g/mol. The zero-order chi connectivity index (χ0) is 14.0. The van der Waals surface area contributed by atoms with Crippen LogP contribution in [0.5, 0.6) is 0 Å². The quantitative estimate of drug-likeness (QED) is 0.885. The lowest BCUT2D eigenvalue weighted by molar-refractivity contribution is 0.565. The van der Waals surface area contributed by atoms with Gasteiger partial charge < -0.3 is 5.73 Å². The molecule has 2 aromatic carbocycles. The summed E-state index contributed by atoms with van der Waals surface area (Å²) in [5, 5.41) is 0. The van der Waals surface area contributed by atoms with Crippen molar-refractivity contribution >= 4 is 27.7 Å². The zero-order valence-corrected chi connectivity index (χ0v) is 12.0. The lowest BCUT2D eigenvalue weighted by atomic mass is 10.2. The molecule has 2 rings (SSSR count). The summed E-state index contributed by atoms with van der Waals surface area (Å²) in [5.74, 6) is -1.89. The number of nitrogens with two attached hydrogens (primary N) is 1. The summed E-state index contributed by atoms with van der Waals surface area (Å²) in [6.45, 7) is 0.202. The van der Waals surface area contributed by atoms with Gasteiger partial charge in [0.2, 0.25) is 0 Å². The molecule has 0 spiro atoms. The van der Waals surface area contributed by atoms with Crippen molar-refractivity contribution in [3.8, 4) is 0 Å². The molecule has 0 amide bonds. The highest BCUT2D eigenvalue weighted by molar-refractivity contribution is 9.10. The lowest BCUT2D eigenvalue weighted by Gasteiger charge is -2.08. The molecule has 0 aliphatic carbocycles. The molecule has 0 bridgehead atoms. The predicted octanol–water partition coefficient (Wildman–Crippen LogP) is 4.48. The van der Waals surface area contributed by atoms with E-state index in [0.717, 1.165) is 23.9 Å². The largest absolute Gasteiger partial charge is 0.326 e. The predicted molar refractivity (Wildman–Crippen MR) is 72.5 cm³/mol. The summed E-state index contributed by atoms with van der Waals surface area (Å²) in [6, 6.07) is 6.36. The molecule has 0 aromatic heterocycles. The molecule has 0 saturated heterocycles. The number of hydrogen-bond donors (Lipinski definition) is 1. The fourth-order valence-electron chi connectivity index (χ4n) is 1.48. The van der Waals surface area contributed by atoms with Gasteiger partial charge >= 0.3 is 0 Å². The molecule has 1 nitrogen and oxygen atoms in total. The van der Waals surface area contributed by atoms with Gasteiger partial charge in [0, 0.05) is 22.4 Å². The van der Waals surface area contributed by atoms with Crippen molar-refractivity contribution in [2.45, 2.75) is 16.3 Å². The minimum Gasteiger partial charge on any atom is -0.326 e. The summed E-state index contributed by atoms with van der Waals surface area (Å²) in [7, 11) is 0. The maximum atomic E-state index is 14.0. The molecule has 0 aliphatic heterocycles. The minimum absolute atomic E-state index is 0.160. The Hall–Kier alpha value is -0.980. The van der Waals surface area contributed by atoms with Crippen LogP contribution in [-0.4, -0.2) is 0 Å². The first kappa shape index (κ1) is 14.4. The van der Waals surface area contributed by atoms with Gasteiger partial charge in [0.1, 0.15) is 11.6 Å². The second kappa shape index (κ2) is 5.98. The van der Waals surface area contributed by atoms with Crippen LogP contribution in [0.2, 0.25) is 0 Å².